The smallest absolute Gasteiger partial charge is 0.0252 e. The Balaban J connectivity index is 2.45. The summed E-state index contributed by atoms with van der Waals surface area (Å²) < 4.78 is 0.966. The van der Waals surface area contributed by atoms with E-state index in [1.807, 2.05) is 6.07 Å². The lowest BCUT2D eigenvalue weighted by Gasteiger charge is -1.95. The Morgan fingerprint density at radius 2 is 2.00 bits per heavy atom. The molecule has 2 aromatic rings. The number of rotatable bonds is 1. The van der Waals surface area contributed by atoms with E-state index >= 15 is 0 Å². The SMILES string of the molecule is [S-]c1ccc(-c2cccs2)s1. The first kappa shape index (κ1) is 7.28. The fourth-order valence-electron chi connectivity index (χ4n) is 0.871. The zero-order valence-corrected chi connectivity index (χ0v) is 8.06. The van der Waals surface area contributed by atoms with E-state index < -0.39 is 0 Å². The molecule has 0 spiro atoms. The second kappa shape index (κ2) is 2.93. The van der Waals surface area contributed by atoms with E-state index in [4.69, 9.17) is 12.6 Å². The summed E-state index contributed by atoms with van der Waals surface area (Å²) in [5.41, 5.74) is 0. The van der Waals surface area contributed by atoms with E-state index in [0.29, 0.717) is 0 Å². The lowest BCUT2D eigenvalue weighted by Crippen LogP contribution is -1.55. The quantitative estimate of drug-likeness (QED) is 0.632. The summed E-state index contributed by atoms with van der Waals surface area (Å²) in [4.78, 5) is 2.59. The van der Waals surface area contributed by atoms with Crippen LogP contribution >= 0.6 is 22.7 Å². The summed E-state index contributed by atoms with van der Waals surface area (Å²) in [6.07, 6.45) is 0. The maximum Gasteiger partial charge on any atom is 0.0252 e. The summed E-state index contributed by atoms with van der Waals surface area (Å²) >= 11 is 8.45. The molecule has 0 atom stereocenters. The molecule has 0 aliphatic rings. The van der Waals surface area contributed by atoms with Crippen molar-refractivity contribution in [3.63, 3.8) is 0 Å². The molecule has 0 N–H and O–H groups in total. The predicted octanol–water partition coefficient (Wildman–Crippen LogP) is 3.38. The Hall–Kier alpha value is -0.380. The minimum atomic E-state index is 0.966. The Morgan fingerprint density at radius 1 is 1.09 bits per heavy atom. The third-order valence-electron chi connectivity index (χ3n) is 1.35. The van der Waals surface area contributed by atoms with Crippen molar-refractivity contribution in [3.8, 4) is 9.75 Å². The van der Waals surface area contributed by atoms with Crippen LogP contribution < -0.4 is 0 Å². The molecule has 0 aliphatic heterocycles. The minimum absolute atomic E-state index is 0.966. The monoisotopic (exact) mass is 197 g/mol. The summed E-state index contributed by atoms with van der Waals surface area (Å²) in [6.45, 7) is 0. The van der Waals surface area contributed by atoms with Gasteiger partial charge in [0, 0.05) is 4.88 Å². The van der Waals surface area contributed by atoms with E-state index in [0.717, 1.165) is 4.21 Å². The van der Waals surface area contributed by atoms with Gasteiger partial charge < -0.3 is 24.0 Å². The molecule has 0 saturated heterocycles. The highest BCUT2D eigenvalue weighted by molar-refractivity contribution is 7.63. The van der Waals surface area contributed by atoms with Crippen LogP contribution in [-0.4, -0.2) is 0 Å². The highest BCUT2D eigenvalue weighted by atomic mass is 32.2. The normalized spacial score (nSPS) is 10.2. The van der Waals surface area contributed by atoms with E-state index in [-0.39, 0.29) is 0 Å². The lowest BCUT2D eigenvalue weighted by atomic mass is 10.4. The molecular weight excluding hydrogens is 192 g/mol. The Morgan fingerprint density at radius 3 is 2.55 bits per heavy atom. The summed E-state index contributed by atoms with van der Waals surface area (Å²) in [6, 6.07) is 8.24. The van der Waals surface area contributed by atoms with Gasteiger partial charge in [0.05, 0.1) is 0 Å². The van der Waals surface area contributed by atoms with Gasteiger partial charge in [0.2, 0.25) is 0 Å². The van der Waals surface area contributed by atoms with Crippen molar-refractivity contribution in [1.82, 2.24) is 0 Å². The van der Waals surface area contributed by atoms with E-state index in [9.17, 15) is 0 Å². The van der Waals surface area contributed by atoms with Gasteiger partial charge >= 0.3 is 0 Å². The second-order valence-electron chi connectivity index (χ2n) is 2.10. The van der Waals surface area contributed by atoms with Crippen LogP contribution in [0.3, 0.4) is 0 Å². The number of hydrogen-bond donors (Lipinski definition) is 0. The lowest BCUT2D eigenvalue weighted by molar-refractivity contribution is 1.76. The molecule has 0 aromatic carbocycles. The highest BCUT2D eigenvalue weighted by Crippen LogP contribution is 2.30. The van der Waals surface area contributed by atoms with Gasteiger partial charge in [0.1, 0.15) is 0 Å². The van der Waals surface area contributed by atoms with Crippen molar-refractivity contribution >= 4 is 35.3 Å². The molecule has 0 aliphatic carbocycles. The van der Waals surface area contributed by atoms with Crippen LogP contribution in [0.15, 0.2) is 33.9 Å². The molecule has 0 bridgehead atoms. The molecule has 3 heteroatoms. The molecule has 0 fully saturated rings. The molecule has 56 valence electrons. The van der Waals surface area contributed by atoms with Gasteiger partial charge in [-0.05, 0) is 11.4 Å². The summed E-state index contributed by atoms with van der Waals surface area (Å²) in [7, 11) is 0. The van der Waals surface area contributed by atoms with Gasteiger partial charge in [-0.2, -0.15) is 0 Å². The van der Waals surface area contributed by atoms with E-state index in [2.05, 4.69) is 23.6 Å². The molecule has 2 rings (SSSR count). The van der Waals surface area contributed by atoms with Gasteiger partial charge in [0.25, 0.3) is 0 Å². The van der Waals surface area contributed by atoms with Crippen LogP contribution in [0.25, 0.3) is 9.75 Å². The average molecular weight is 197 g/mol. The summed E-state index contributed by atoms with van der Waals surface area (Å²) in [5, 5.41) is 2.08. The molecule has 0 unspecified atom stereocenters. The maximum absolute atomic E-state index is 5.03. The Labute approximate surface area is 78.9 Å². The van der Waals surface area contributed by atoms with Gasteiger partial charge in [-0.15, -0.1) is 15.5 Å². The first-order valence-electron chi connectivity index (χ1n) is 3.17. The van der Waals surface area contributed by atoms with Crippen molar-refractivity contribution in [2.45, 2.75) is 4.21 Å². The number of hydrogen-bond acceptors (Lipinski definition) is 3. The topological polar surface area (TPSA) is 0 Å². The van der Waals surface area contributed by atoms with Gasteiger partial charge in [-0.1, -0.05) is 23.1 Å². The fraction of sp³-hybridized carbons (Fsp3) is 0. The first-order chi connectivity index (χ1) is 5.36. The van der Waals surface area contributed by atoms with Gasteiger partial charge in [-0.25, -0.2) is 0 Å². The zero-order chi connectivity index (χ0) is 7.68. The first-order valence-corrected chi connectivity index (χ1v) is 5.27. The molecule has 0 amide bonds. The Kier molecular flexibility index (Phi) is 1.94. The largest absolute Gasteiger partial charge is 0.428 e. The van der Waals surface area contributed by atoms with Crippen molar-refractivity contribution < 1.29 is 0 Å². The molecule has 11 heavy (non-hydrogen) atoms. The van der Waals surface area contributed by atoms with E-state index in [1.54, 1.807) is 22.7 Å². The standard InChI is InChI=1S/C8H6S3/c9-8-4-3-7(11-8)6-2-1-5-10-6/h1-5,9H/p-1. The summed E-state index contributed by atoms with van der Waals surface area (Å²) in [5.74, 6) is 0. The third-order valence-corrected chi connectivity index (χ3v) is 3.68. The molecule has 0 radical (unpaired) electrons. The Bertz CT molecular complexity index is 332. The van der Waals surface area contributed by atoms with E-state index in [1.165, 1.54) is 9.75 Å². The third kappa shape index (κ3) is 1.45. The molecule has 0 saturated carbocycles. The van der Waals surface area contributed by atoms with Crippen LogP contribution in [0.2, 0.25) is 0 Å². The zero-order valence-electron chi connectivity index (χ0n) is 5.61. The van der Waals surface area contributed by atoms with Crippen LogP contribution in [0, 0.1) is 0 Å². The average Bonchev–Trinajstić information content (AvgIpc) is 2.55. The van der Waals surface area contributed by atoms with Crippen molar-refractivity contribution in [3.05, 3.63) is 29.6 Å². The van der Waals surface area contributed by atoms with Gasteiger partial charge in [0.15, 0.2) is 0 Å². The molecular formula is C8H5S3-. The van der Waals surface area contributed by atoms with Crippen LogP contribution in [0.1, 0.15) is 0 Å². The van der Waals surface area contributed by atoms with Crippen LogP contribution in [0.4, 0.5) is 0 Å². The van der Waals surface area contributed by atoms with Crippen LogP contribution in [0.5, 0.6) is 0 Å². The van der Waals surface area contributed by atoms with Crippen molar-refractivity contribution in [1.29, 1.82) is 0 Å². The van der Waals surface area contributed by atoms with Gasteiger partial charge in [-0.3, -0.25) is 0 Å². The van der Waals surface area contributed by atoms with Crippen molar-refractivity contribution in [2.75, 3.05) is 0 Å². The fourth-order valence-corrected chi connectivity index (χ4v) is 2.78. The predicted molar refractivity (Wildman–Crippen MR) is 53.3 cm³/mol. The number of thiophene rings is 2. The minimum Gasteiger partial charge on any atom is -0.428 e. The maximum atomic E-state index is 5.03. The highest BCUT2D eigenvalue weighted by Gasteiger charge is 1.93. The molecule has 2 aromatic heterocycles. The molecule has 2 heterocycles. The second-order valence-corrected chi connectivity index (χ2v) is 4.83. The van der Waals surface area contributed by atoms with Crippen molar-refractivity contribution in [2.24, 2.45) is 0 Å². The van der Waals surface area contributed by atoms with Crippen LogP contribution in [-0.2, 0) is 12.6 Å². The molecule has 0 nitrogen and oxygen atoms in total.